The van der Waals surface area contributed by atoms with E-state index >= 15 is 0 Å². The molecule has 0 spiro atoms. The van der Waals surface area contributed by atoms with E-state index in [0.717, 1.165) is 3.57 Å². The maximum atomic E-state index is 12.5. The summed E-state index contributed by atoms with van der Waals surface area (Å²) in [5.74, 6) is -0.698. The van der Waals surface area contributed by atoms with Crippen LogP contribution < -0.4 is 5.32 Å². The van der Waals surface area contributed by atoms with Crippen molar-refractivity contribution in [2.24, 2.45) is 0 Å². The minimum Gasteiger partial charge on any atom is -0.459 e. The molecule has 1 aromatic carbocycles. The number of hydrogen-bond acceptors (Lipinski definition) is 3. The summed E-state index contributed by atoms with van der Waals surface area (Å²) in [6.45, 7) is 7.08. The number of nitrogens with one attached hydrogen (secondary N) is 2. The lowest BCUT2D eigenvalue weighted by molar-refractivity contribution is 0.0376. The third kappa shape index (κ3) is 4.13. The molecule has 23 heavy (non-hydrogen) atoms. The lowest BCUT2D eigenvalue weighted by Gasteiger charge is -2.08. The Kier molecular flexibility index (Phi) is 5.46. The van der Waals surface area contributed by atoms with E-state index in [1.165, 1.54) is 0 Å². The number of aromatic amines is 1. The van der Waals surface area contributed by atoms with E-state index in [-0.39, 0.29) is 12.0 Å². The van der Waals surface area contributed by atoms with Gasteiger partial charge in [-0.05, 0) is 74.0 Å². The van der Waals surface area contributed by atoms with E-state index in [0.29, 0.717) is 28.2 Å². The van der Waals surface area contributed by atoms with Crippen LogP contribution in [0.5, 0.6) is 0 Å². The minimum absolute atomic E-state index is 0.208. The van der Waals surface area contributed by atoms with E-state index in [1.54, 1.807) is 27.7 Å². The van der Waals surface area contributed by atoms with Gasteiger partial charge in [0.25, 0.3) is 5.91 Å². The van der Waals surface area contributed by atoms with Crippen LogP contribution in [0.4, 0.5) is 5.69 Å². The maximum absolute atomic E-state index is 12.5. The average molecular weight is 426 g/mol. The van der Waals surface area contributed by atoms with Gasteiger partial charge in [0.1, 0.15) is 5.69 Å². The molecule has 5 nitrogen and oxygen atoms in total. The largest absolute Gasteiger partial charge is 0.459 e. The number of H-pyrrole nitrogens is 1. The number of carbonyl (C=O) groups excluding carboxylic acids is 2. The van der Waals surface area contributed by atoms with Gasteiger partial charge in [0, 0.05) is 15.0 Å². The van der Waals surface area contributed by atoms with Crippen LogP contribution in [-0.4, -0.2) is 23.0 Å². The molecule has 0 radical (unpaired) electrons. The smallest absolute Gasteiger partial charge is 0.340 e. The van der Waals surface area contributed by atoms with E-state index in [4.69, 9.17) is 4.74 Å². The van der Waals surface area contributed by atoms with Gasteiger partial charge in [0.2, 0.25) is 0 Å². The van der Waals surface area contributed by atoms with Gasteiger partial charge in [-0.15, -0.1) is 0 Å². The van der Waals surface area contributed by atoms with Gasteiger partial charge in [-0.1, -0.05) is 6.07 Å². The number of esters is 1. The first kappa shape index (κ1) is 17.5. The quantitative estimate of drug-likeness (QED) is 0.573. The van der Waals surface area contributed by atoms with E-state index in [1.807, 2.05) is 24.3 Å². The van der Waals surface area contributed by atoms with E-state index in [2.05, 4.69) is 32.9 Å². The number of carbonyl (C=O) groups is 2. The number of anilines is 1. The van der Waals surface area contributed by atoms with Gasteiger partial charge in [0.05, 0.1) is 11.7 Å². The molecule has 0 unspecified atom stereocenters. The van der Waals surface area contributed by atoms with Crippen LogP contribution >= 0.6 is 22.6 Å². The number of benzene rings is 1. The molecule has 122 valence electrons. The Labute approximate surface area is 149 Å². The van der Waals surface area contributed by atoms with Crippen molar-refractivity contribution in [1.82, 2.24) is 4.98 Å². The minimum atomic E-state index is -0.417. The molecule has 0 aliphatic carbocycles. The van der Waals surface area contributed by atoms with Crippen LogP contribution in [0.25, 0.3) is 0 Å². The molecule has 1 heterocycles. The fourth-order valence-corrected chi connectivity index (χ4v) is 2.86. The summed E-state index contributed by atoms with van der Waals surface area (Å²) in [6, 6.07) is 7.51. The molecular formula is C17H19IN2O3. The molecule has 0 fully saturated rings. The second kappa shape index (κ2) is 7.16. The first-order valence-electron chi connectivity index (χ1n) is 7.26. The highest BCUT2D eigenvalue weighted by molar-refractivity contribution is 14.1. The van der Waals surface area contributed by atoms with Crippen LogP contribution in [0.1, 0.15) is 46.0 Å². The van der Waals surface area contributed by atoms with Crippen molar-refractivity contribution in [3.8, 4) is 0 Å². The number of hydrogen-bond donors (Lipinski definition) is 2. The normalized spacial score (nSPS) is 10.7. The molecule has 1 aromatic heterocycles. The van der Waals surface area contributed by atoms with Crippen molar-refractivity contribution in [2.75, 3.05) is 5.32 Å². The monoisotopic (exact) mass is 426 g/mol. The van der Waals surface area contributed by atoms with Gasteiger partial charge in [-0.3, -0.25) is 4.79 Å². The number of rotatable bonds is 4. The van der Waals surface area contributed by atoms with Crippen LogP contribution in [-0.2, 0) is 4.74 Å². The highest BCUT2D eigenvalue weighted by atomic mass is 127. The number of halogens is 1. The number of aromatic nitrogens is 1. The Bertz CT molecular complexity index is 750. The summed E-state index contributed by atoms with van der Waals surface area (Å²) < 4.78 is 6.26. The van der Waals surface area contributed by atoms with Gasteiger partial charge < -0.3 is 15.0 Å². The lowest BCUT2D eigenvalue weighted by Crippen LogP contribution is -2.15. The molecule has 0 saturated heterocycles. The molecule has 0 bridgehead atoms. The lowest BCUT2D eigenvalue weighted by atomic mass is 10.1. The van der Waals surface area contributed by atoms with Crippen molar-refractivity contribution in [3.05, 3.63) is 50.4 Å². The zero-order valence-electron chi connectivity index (χ0n) is 13.5. The first-order chi connectivity index (χ1) is 10.8. The number of amides is 1. The summed E-state index contributed by atoms with van der Waals surface area (Å²) in [4.78, 5) is 27.6. The van der Waals surface area contributed by atoms with Gasteiger partial charge in [-0.25, -0.2) is 4.79 Å². The van der Waals surface area contributed by atoms with Crippen LogP contribution in [0.2, 0.25) is 0 Å². The van der Waals surface area contributed by atoms with Crippen molar-refractivity contribution in [2.45, 2.75) is 33.8 Å². The fourth-order valence-electron chi connectivity index (χ4n) is 2.32. The zero-order valence-corrected chi connectivity index (χ0v) is 15.6. The molecule has 2 N–H and O–H groups in total. The molecule has 6 heteroatoms. The Morgan fingerprint density at radius 3 is 2.57 bits per heavy atom. The number of aryl methyl sites for hydroxylation is 1. The fraction of sp³-hybridized carbons (Fsp3) is 0.294. The zero-order chi connectivity index (χ0) is 17.1. The molecule has 0 aliphatic heterocycles. The molecule has 1 amide bonds. The molecule has 0 saturated carbocycles. The maximum Gasteiger partial charge on any atom is 0.340 e. The first-order valence-corrected chi connectivity index (χ1v) is 8.34. The number of ether oxygens (including phenoxy) is 1. The van der Waals surface area contributed by atoms with E-state index in [9.17, 15) is 9.59 Å². The predicted octanol–water partition coefficient (Wildman–Crippen LogP) is 4.05. The predicted molar refractivity (Wildman–Crippen MR) is 97.9 cm³/mol. The molecule has 0 atom stereocenters. The van der Waals surface area contributed by atoms with Gasteiger partial charge >= 0.3 is 5.97 Å². The second-order valence-corrected chi connectivity index (χ2v) is 6.79. The van der Waals surface area contributed by atoms with Crippen molar-refractivity contribution < 1.29 is 14.3 Å². The summed E-state index contributed by atoms with van der Waals surface area (Å²) in [6.07, 6.45) is -0.208. The SMILES string of the molecule is Cc1[nH]c(C(=O)Nc2cccc(I)c2)c(C)c1C(=O)OC(C)C. The van der Waals surface area contributed by atoms with Crippen molar-refractivity contribution >= 4 is 40.2 Å². The van der Waals surface area contributed by atoms with E-state index < -0.39 is 5.97 Å². The third-order valence-electron chi connectivity index (χ3n) is 3.29. The average Bonchev–Trinajstić information content (AvgIpc) is 2.73. The van der Waals surface area contributed by atoms with Crippen molar-refractivity contribution in [1.29, 1.82) is 0 Å². The molecule has 2 aromatic rings. The highest BCUT2D eigenvalue weighted by Crippen LogP contribution is 2.21. The summed E-state index contributed by atoms with van der Waals surface area (Å²) in [5, 5.41) is 2.83. The third-order valence-corrected chi connectivity index (χ3v) is 3.96. The second-order valence-electron chi connectivity index (χ2n) is 5.54. The van der Waals surface area contributed by atoms with Crippen LogP contribution in [0.15, 0.2) is 24.3 Å². The summed E-state index contributed by atoms with van der Waals surface area (Å²) in [7, 11) is 0. The summed E-state index contributed by atoms with van der Waals surface area (Å²) >= 11 is 2.18. The van der Waals surface area contributed by atoms with Crippen LogP contribution in [0, 0.1) is 17.4 Å². The Morgan fingerprint density at radius 1 is 1.26 bits per heavy atom. The Balaban J connectivity index is 2.27. The Hall–Kier alpha value is -1.83. The highest BCUT2D eigenvalue weighted by Gasteiger charge is 2.23. The molecular weight excluding hydrogens is 407 g/mol. The summed E-state index contributed by atoms with van der Waals surface area (Å²) in [5.41, 5.74) is 2.72. The standard InChI is InChI=1S/C17H19IN2O3/c1-9(2)23-17(22)14-10(3)15(19-11(14)4)16(21)20-13-7-5-6-12(18)8-13/h5-9,19H,1-4H3,(H,20,21). The topological polar surface area (TPSA) is 71.2 Å². The van der Waals surface area contributed by atoms with Crippen LogP contribution in [0.3, 0.4) is 0 Å². The molecule has 2 rings (SSSR count). The van der Waals surface area contributed by atoms with Gasteiger partial charge in [0.15, 0.2) is 0 Å². The molecule has 0 aliphatic rings. The Morgan fingerprint density at radius 2 is 1.96 bits per heavy atom. The van der Waals surface area contributed by atoms with Crippen molar-refractivity contribution in [3.63, 3.8) is 0 Å². The van der Waals surface area contributed by atoms with Gasteiger partial charge in [-0.2, -0.15) is 0 Å².